The molecule has 0 unspecified atom stereocenters. The minimum atomic E-state index is -0.177. The van der Waals surface area contributed by atoms with Gasteiger partial charge in [-0.15, -0.1) is 0 Å². The molecule has 0 saturated heterocycles. The van der Waals surface area contributed by atoms with Crippen molar-refractivity contribution in [3.63, 3.8) is 0 Å². The van der Waals surface area contributed by atoms with Crippen LogP contribution in [-0.2, 0) is 0 Å². The van der Waals surface area contributed by atoms with Crippen LogP contribution >= 0.6 is 0 Å². The zero-order chi connectivity index (χ0) is 14.3. The van der Waals surface area contributed by atoms with Crippen LogP contribution in [0.2, 0.25) is 0 Å². The maximum atomic E-state index is 12.5. The summed E-state index contributed by atoms with van der Waals surface area (Å²) in [6.45, 7) is 3.99. The summed E-state index contributed by atoms with van der Waals surface area (Å²) < 4.78 is 0. The highest BCUT2D eigenvalue weighted by atomic mass is 16.3. The van der Waals surface area contributed by atoms with Crippen molar-refractivity contribution in [1.29, 1.82) is 0 Å². The molecule has 0 bridgehead atoms. The second-order valence-corrected chi connectivity index (χ2v) is 6.26. The Morgan fingerprint density at radius 1 is 1.50 bits per heavy atom. The smallest absolute Gasteiger partial charge is 0.255 e. The molecule has 1 heterocycles. The minimum absolute atomic E-state index is 0.00797. The highest BCUT2D eigenvalue weighted by Gasteiger charge is 2.36. The van der Waals surface area contributed by atoms with E-state index in [-0.39, 0.29) is 18.1 Å². The normalized spacial score (nSPS) is 26.9. The molecular formula is C15H23N3O2. The molecule has 2 saturated carbocycles. The summed E-state index contributed by atoms with van der Waals surface area (Å²) >= 11 is 0. The summed E-state index contributed by atoms with van der Waals surface area (Å²) in [5, 5.41) is 19.8. The molecular weight excluding hydrogens is 254 g/mol. The van der Waals surface area contributed by atoms with Crippen molar-refractivity contribution in [3.05, 3.63) is 17.0 Å². The second-order valence-electron chi connectivity index (χ2n) is 6.26. The van der Waals surface area contributed by atoms with E-state index in [4.69, 9.17) is 0 Å². The number of rotatable bonds is 5. The van der Waals surface area contributed by atoms with Crippen LogP contribution in [0.3, 0.4) is 0 Å². The number of aryl methyl sites for hydroxylation is 1. The Kier molecular flexibility index (Phi) is 3.54. The van der Waals surface area contributed by atoms with Crippen molar-refractivity contribution in [2.75, 3.05) is 0 Å². The number of hydrogen-bond acceptors (Lipinski definition) is 3. The number of nitrogens with zero attached hydrogens (tertiary/aromatic N) is 1. The standard InChI is InChI=1S/C15H23N3O2/c1-3-12(10-6-11(19)7-10)16-15(20)13-8(2)17-18-14(13)9-4-5-9/h9-12,19H,3-7H2,1-2H3,(H,16,20)(H,17,18)/t10?,11?,12-/m0/s1. The Morgan fingerprint density at radius 2 is 2.20 bits per heavy atom. The van der Waals surface area contributed by atoms with Crippen LogP contribution in [0.1, 0.15) is 66.7 Å². The maximum Gasteiger partial charge on any atom is 0.255 e. The van der Waals surface area contributed by atoms with Crippen molar-refractivity contribution in [2.24, 2.45) is 5.92 Å². The summed E-state index contributed by atoms with van der Waals surface area (Å²) in [5.74, 6) is 0.869. The van der Waals surface area contributed by atoms with E-state index >= 15 is 0 Å². The molecule has 0 aliphatic heterocycles. The Bertz CT molecular complexity index is 501. The highest BCUT2D eigenvalue weighted by molar-refractivity contribution is 5.96. The van der Waals surface area contributed by atoms with Crippen molar-refractivity contribution >= 4 is 5.91 Å². The number of aromatic nitrogens is 2. The molecule has 0 spiro atoms. The molecule has 2 fully saturated rings. The molecule has 1 aromatic heterocycles. The van der Waals surface area contributed by atoms with Gasteiger partial charge in [0.2, 0.25) is 0 Å². The molecule has 3 N–H and O–H groups in total. The number of amides is 1. The van der Waals surface area contributed by atoms with E-state index in [1.165, 1.54) is 0 Å². The fraction of sp³-hybridized carbons (Fsp3) is 0.733. The average Bonchev–Trinajstić information content (AvgIpc) is 3.15. The van der Waals surface area contributed by atoms with Crippen LogP contribution in [0.4, 0.5) is 0 Å². The van der Waals surface area contributed by atoms with Crippen molar-refractivity contribution in [3.8, 4) is 0 Å². The van der Waals surface area contributed by atoms with Gasteiger partial charge in [-0.25, -0.2) is 0 Å². The zero-order valence-electron chi connectivity index (χ0n) is 12.1. The second kappa shape index (κ2) is 5.20. The lowest BCUT2D eigenvalue weighted by Gasteiger charge is -2.37. The summed E-state index contributed by atoms with van der Waals surface area (Å²) in [6, 6.07) is 0.159. The van der Waals surface area contributed by atoms with Gasteiger partial charge in [0.05, 0.1) is 17.4 Å². The maximum absolute atomic E-state index is 12.5. The lowest BCUT2D eigenvalue weighted by atomic mass is 9.76. The number of aromatic amines is 1. The fourth-order valence-corrected chi connectivity index (χ4v) is 3.14. The van der Waals surface area contributed by atoms with Crippen molar-refractivity contribution < 1.29 is 9.90 Å². The largest absolute Gasteiger partial charge is 0.393 e. The highest BCUT2D eigenvalue weighted by Crippen LogP contribution is 2.41. The van der Waals surface area contributed by atoms with Crippen LogP contribution in [0.5, 0.6) is 0 Å². The van der Waals surface area contributed by atoms with Crippen LogP contribution in [0, 0.1) is 12.8 Å². The molecule has 0 aromatic carbocycles. The quantitative estimate of drug-likeness (QED) is 0.769. The van der Waals surface area contributed by atoms with E-state index in [1.54, 1.807) is 0 Å². The van der Waals surface area contributed by atoms with Gasteiger partial charge >= 0.3 is 0 Å². The lowest BCUT2D eigenvalue weighted by Crippen LogP contribution is -2.46. The molecule has 20 heavy (non-hydrogen) atoms. The van der Waals surface area contributed by atoms with Gasteiger partial charge in [-0.1, -0.05) is 6.92 Å². The molecule has 1 atom stereocenters. The fourth-order valence-electron chi connectivity index (χ4n) is 3.14. The van der Waals surface area contributed by atoms with Gasteiger partial charge in [-0.05, 0) is 44.9 Å². The van der Waals surface area contributed by atoms with Gasteiger partial charge in [-0.3, -0.25) is 9.89 Å². The van der Waals surface area contributed by atoms with Gasteiger partial charge in [0, 0.05) is 17.7 Å². The predicted octanol–water partition coefficient (Wildman–Crippen LogP) is 1.87. The number of H-pyrrole nitrogens is 1. The monoisotopic (exact) mass is 277 g/mol. The minimum Gasteiger partial charge on any atom is -0.393 e. The van der Waals surface area contributed by atoms with Crippen LogP contribution in [0.15, 0.2) is 0 Å². The Labute approximate surface area is 119 Å². The van der Waals surface area contributed by atoms with Gasteiger partial charge in [-0.2, -0.15) is 5.10 Å². The summed E-state index contributed by atoms with van der Waals surface area (Å²) in [7, 11) is 0. The molecule has 0 radical (unpaired) electrons. The number of carbonyl (C=O) groups excluding carboxylic acids is 1. The molecule has 1 amide bonds. The van der Waals surface area contributed by atoms with E-state index in [0.717, 1.165) is 49.1 Å². The molecule has 3 rings (SSSR count). The van der Waals surface area contributed by atoms with E-state index < -0.39 is 0 Å². The zero-order valence-corrected chi connectivity index (χ0v) is 12.1. The first-order valence-electron chi connectivity index (χ1n) is 7.64. The summed E-state index contributed by atoms with van der Waals surface area (Å²) in [5.41, 5.74) is 2.53. The van der Waals surface area contributed by atoms with Gasteiger partial charge in [0.15, 0.2) is 0 Å². The van der Waals surface area contributed by atoms with E-state index in [2.05, 4.69) is 22.4 Å². The van der Waals surface area contributed by atoms with Crippen LogP contribution in [0.25, 0.3) is 0 Å². The first-order chi connectivity index (χ1) is 9.60. The SMILES string of the molecule is CC[C@H](NC(=O)c1c(C2CC2)n[nH]c1C)C1CC(O)C1. The first-order valence-corrected chi connectivity index (χ1v) is 7.64. The van der Waals surface area contributed by atoms with Crippen molar-refractivity contribution in [2.45, 2.75) is 64.0 Å². The van der Waals surface area contributed by atoms with Crippen LogP contribution in [-0.4, -0.2) is 33.4 Å². The molecule has 5 nitrogen and oxygen atoms in total. The van der Waals surface area contributed by atoms with Gasteiger partial charge in [0.1, 0.15) is 0 Å². The van der Waals surface area contributed by atoms with Gasteiger partial charge in [0.25, 0.3) is 5.91 Å². The molecule has 2 aliphatic rings. The van der Waals surface area contributed by atoms with E-state index in [0.29, 0.717) is 11.8 Å². The molecule has 2 aliphatic carbocycles. The molecule has 110 valence electrons. The molecule has 5 heteroatoms. The Morgan fingerprint density at radius 3 is 2.75 bits per heavy atom. The first kappa shape index (κ1) is 13.6. The summed E-state index contributed by atoms with van der Waals surface area (Å²) in [6.07, 6.45) is 4.60. The van der Waals surface area contributed by atoms with E-state index in [9.17, 15) is 9.90 Å². The number of aliphatic hydroxyl groups excluding tert-OH is 1. The predicted molar refractivity (Wildman–Crippen MR) is 75.6 cm³/mol. The third kappa shape index (κ3) is 2.46. The molecule has 1 aromatic rings. The summed E-state index contributed by atoms with van der Waals surface area (Å²) in [4.78, 5) is 12.5. The number of carbonyl (C=O) groups is 1. The number of nitrogens with one attached hydrogen (secondary N) is 2. The van der Waals surface area contributed by atoms with Gasteiger partial charge < -0.3 is 10.4 Å². The average molecular weight is 277 g/mol. The third-order valence-corrected chi connectivity index (χ3v) is 4.64. The lowest BCUT2D eigenvalue weighted by molar-refractivity contribution is 0.0232. The topological polar surface area (TPSA) is 78.0 Å². The number of hydrogen-bond donors (Lipinski definition) is 3. The third-order valence-electron chi connectivity index (χ3n) is 4.64. The Balaban J connectivity index is 1.70. The van der Waals surface area contributed by atoms with Crippen LogP contribution < -0.4 is 5.32 Å². The number of aliphatic hydroxyl groups is 1. The van der Waals surface area contributed by atoms with E-state index in [1.807, 2.05) is 6.92 Å². The van der Waals surface area contributed by atoms with Crippen molar-refractivity contribution in [1.82, 2.24) is 15.5 Å². The Hall–Kier alpha value is -1.36.